The van der Waals surface area contributed by atoms with E-state index in [1.54, 1.807) is 0 Å². The number of fused-ring (bicyclic) bond motifs is 5. The Labute approximate surface area is 144 Å². The van der Waals surface area contributed by atoms with Gasteiger partial charge in [0.25, 0.3) is 0 Å². The monoisotopic (exact) mass is 332 g/mol. The molecule has 0 radical (unpaired) electrons. The molecule has 0 N–H and O–H groups in total. The summed E-state index contributed by atoms with van der Waals surface area (Å²) in [6.45, 7) is 7.90. The number of ether oxygens (including phenoxy) is 2. The highest BCUT2D eigenvalue weighted by Gasteiger charge is 2.55. The van der Waals surface area contributed by atoms with Gasteiger partial charge in [-0.25, -0.2) is 9.59 Å². The highest BCUT2D eigenvalue weighted by atomic mass is 16.5. The van der Waals surface area contributed by atoms with E-state index < -0.39 is 0 Å². The van der Waals surface area contributed by atoms with E-state index in [4.69, 9.17) is 9.47 Å². The van der Waals surface area contributed by atoms with Gasteiger partial charge in [0, 0.05) is 12.2 Å². The van der Waals surface area contributed by atoms with Crippen LogP contribution in [0.25, 0.3) is 0 Å². The Balaban J connectivity index is 1.43. The summed E-state index contributed by atoms with van der Waals surface area (Å²) in [5.41, 5.74) is 0. The van der Waals surface area contributed by atoms with E-state index in [2.05, 4.69) is 13.2 Å². The second-order valence-corrected chi connectivity index (χ2v) is 7.64. The molecule has 0 amide bonds. The van der Waals surface area contributed by atoms with Crippen LogP contribution < -0.4 is 0 Å². The van der Waals surface area contributed by atoms with E-state index in [1.807, 2.05) is 0 Å². The number of rotatable bonds is 8. The lowest BCUT2D eigenvalue weighted by Crippen LogP contribution is -2.25. The Morgan fingerprint density at radius 2 is 1.46 bits per heavy atom. The molecular formula is C20H28O4. The standard InChI is InChI=1S/C20H28O4/c1-3-19(21)23-7-5-13-9-16-15-11-14(6-8-24-20(22)4-2)17(12-15)18(16)10-13/h3-4,13-18H,1-2,5-12H2/t13?,14?,15?,16?,17-,18?/m0/s1. The minimum Gasteiger partial charge on any atom is -0.463 e. The highest BCUT2D eigenvalue weighted by molar-refractivity contribution is 5.81. The number of hydrogen-bond donors (Lipinski definition) is 0. The average Bonchev–Trinajstić information content (AvgIpc) is 3.25. The molecule has 6 atom stereocenters. The summed E-state index contributed by atoms with van der Waals surface area (Å²) in [6, 6.07) is 0. The molecule has 0 aliphatic heterocycles. The van der Waals surface area contributed by atoms with Crippen LogP contribution in [0.2, 0.25) is 0 Å². The minimum absolute atomic E-state index is 0.314. The SMILES string of the molecule is C=CC(=O)OCCC1CC2C3CC(CCOC(=O)C=C)[C@H](C3)C2C1. The first-order chi connectivity index (χ1) is 11.6. The van der Waals surface area contributed by atoms with Crippen LogP contribution in [0.15, 0.2) is 25.3 Å². The van der Waals surface area contributed by atoms with Crippen LogP contribution in [-0.4, -0.2) is 25.2 Å². The summed E-state index contributed by atoms with van der Waals surface area (Å²) >= 11 is 0. The largest absolute Gasteiger partial charge is 0.463 e. The molecule has 3 saturated carbocycles. The third-order valence-corrected chi connectivity index (χ3v) is 6.54. The van der Waals surface area contributed by atoms with Crippen molar-refractivity contribution in [2.45, 2.75) is 38.5 Å². The average molecular weight is 332 g/mol. The molecule has 4 nitrogen and oxygen atoms in total. The Bertz CT molecular complexity index is 512. The van der Waals surface area contributed by atoms with Gasteiger partial charge in [-0.3, -0.25) is 0 Å². The fourth-order valence-electron chi connectivity index (χ4n) is 5.65. The molecule has 0 aromatic heterocycles. The first-order valence-corrected chi connectivity index (χ1v) is 9.20. The van der Waals surface area contributed by atoms with E-state index in [-0.39, 0.29) is 11.9 Å². The van der Waals surface area contributed by atoms with E-state index >= 15 is 0 Å². The van der Waals surface area contributed by atoms with Gasteiger partial charge in [0.05, 0.1) is 13.2 Å². The first-order valence-electron chi connectivity index (χ1n) is 9.20. The van der Waals surface area contributed by atoms with Crippen LogP contribution in [0, 0.1) is 35.5 Å². The maximum absolute atomic E-state index is 11.2. The lowest BCUT2D eigenvalue weighted by atomic mass is 9.75. The van der Waals surface area contributed by atoms with E-state index in [0.717, 1.165) is 36.5 Å². The number of esters is 2. The Morgan fingerprint density at radius 1 is 0.833 bits per heavy atom. The minimum atomic E-state index is -0.317. The van der Waals surface area contributed by atoms with E-state index in [0.29, 0.717) is 25.0 Å². The van der Waals surface area contributed by atoms with Crippen molar-refractivity contribution < 1.29 is 19.1 Å². The van der Waals surface area contributed by atoms with Crippen LogP contribution in [0.5, 0.6) is 0 Å². The lowest BCUT2D eigenvalue weighted by molar-refractivity contribution is -0.139. The molecular weight excluding hydrogens is 304 g/mol. The number of hydrogen-bond acceptors (Lipinski definition) is 4. The van der Waals surface area contributed by atoms with Crippen molar-refractivity contribution >= 4 is 11.9 Å². The zero-order valence-corrected chi connectivity index (χ0v) is 14.3. The first kappa shape index (κ1) is 17.2. The molecule has 24 heavy (non-hydrogen) atoms. The van der Waals surface area contributed by atoms with Crippen molar-refractivity contribution in [2.24, 2.45) is 35.5 Å². The number of carbonyl (C=O) groups excluding carboxylic acids is 2. The molecule has 3 aliphatic rings. The molecule has 0 spiro atoms. The fraction of sp³-hybridized carbons (Fsp3) is 0.700. The van der Waals surface area contributed by atoms with Crippen LogP contribution in [-0.2, 0) is 19.1 Å². The molecule has 4 heteroatoms. The van der Waals surface area contributed by atoms with Gasteiger partial charge in [-0.1, -0.05) is 13.2 Å². The predicted molar refractivity (Wildman–Crippen MR) is 91.0 cm³/mol. The van der Waals surface area contributed by atoms with Crippen molar-refractivity contribution in [3.8, 4) is 0 Å². The maximum Gasteiger partial charge on any atom is 0.330 e. The van der Waals surface area contributed by atoms with Gasteiger partial charge in [0.1, 0.15) is 0 Å². The maximum atomic E-state index is 11.2. The summed E-state index contributed by atoms with van der Waals surface area (Å²) in [5.74, 6) is 4.16. The molecule has 0 aromatic rings. The van der Waals surface area contributed by atoms with Crippen molar-refractivity contribution in [3.05, 3.63) is 25.3 Å². The summed E-state index contributed by atoms with van der Waals surface area (Å²) < 4.78 is 10.3. The van der Waals surface area contributed by atoms with Gasteiger partial charge in [-0.2, -0.15) is 0 Å². The van der Waals surface area contributed by atoms with Gasteiger partial charge in [0.2, 0.25) is 0 Å². The molecule has 0 heterocycles. The molecule has 5 unspecified atom stereocenters. The molecule has 3 fully saturated rings. The molecule has 3 rings (SSSR count). The summed E-state index contributed by atoms with van der Waals surface area (Å²) in [6.07, 6.45) is 9.68. The normalized spacial score (nSPS) is 36.2. The van der Waals surface area contributed by atoms with Crippen molar-refractivity contribution in [1.82, 2.24) is 0 Å². The predicted octanol–water partition coefficient (Wildman–Crippen LogP) is 3.52. The third kappa shape index (κ3) is 3.57. The summed E-state index contributed by atoms with van der Waals surface area (Å²) in [4.78, 5) is 22.3. The Hall–Kier alpha value is -1.58. The van der Waals surface area contributed by atoms with Crippen LogP contribution in [0.4, 0.5) is 0 Å². The highest BCUT2D eigenvalue weighted by Crippen LogP contribution is 2.63. The fourth-order valence-corrected chi connectivity index (χ4v) is 5.65. The van der Waals surface area contributed by atoms with Crippen LogP contribution in [0.1, 0.15) is 38.5 Å². The molecule has 3 aliphatic carbocycles. The van der Waals surface area contributed by atoms with Crippen molar-refractivity contribution in [2.75, 3.05) is 13.2 Å². The lowest BCUT2D eigenvalue weighted by Gasteiger charge is -2.31. The zero-order chi connectivity index (χ0) is 17.1. The van der Waals surface area contributed by atoms with Crippen molar-refractivity contribution in [1.29, 1.82) is 0 Å². The quantitative estimate of drug-likeness (QED) is 0.504. The Kier molecular flexibility index (Phi) is 5.42. The van der Waals surface area contributed by atoms with Crippen molar-refractivity contribution in [3.63, 3.8) is 0 Å². The van der Waals surface area contributed by atoms with E-state index in [1.165, 1.54) is 37.8 Å². The summed E-state index contributed by atoms with van der Waals surface area (Å²) in [7, 11) is 0. The topological polar surface area (TPSA) is 52.6 Å². The molecule has 0 saturated heterocycles. The molecule has 0 aromatic carbocycles. The van der Waals surface area contributed by atoms with Gasteiger partial charge in [-0.05, 0) is 74.0 Å². The second kappa shape index (κ2) is 7.54. The molecule has 132 valence electrons. The van der Waals surface area contributed by atoms with Crippen LogP contribution in [0.3, 0.4) is 0 Å². The van der Waals surface area contributed by atoms with E-state index in [9.17, 15) is 9.59 Å². The third-order valence-electron chi connectivity index (χ3n) is 6.54. The number of carbonyl (C=O) groups is 2. The zero-order valence-electron chi connectivity index (χ0n) is 14.3. The van der Waals surface area contributed by atoms with Crippen LogP contribution >= 0.6 is 0 Å². The smallest absolute Gasteiger partial charge is 0.330 e. The Morgan fingerprint density at radius 3 is 2.12 bits per heavy atom. The second-order valence-electron chi connectivity index (χ2n) is 7.64. The summed E-state index contributed by atoms with van der Waals surface area (Å²) in [5, 5.41) is 0. The molecule has 2 bridgehead atoms. The van der Waals surface area contributed by atoms with Gasteiger partial charge in [-0.15, -0.1) is 0 Å². The van der Waals surface area contributed by atoms with Gasteiger partial charge >= 0.3 is 11.9 Å². The van der Waals surface area contributed by atoms with Gasteiger partial charge < -0.3 is 9.47 Å². The van der Waals surface area contributed by atoms with Gasteiger partial charge in [0.15, 0.2) is 0 Å².